The number of carbonyl (C=O) groups excluding carboxylic acids is 2. The third-order valence-electron chi connectivity index (χ3n) is 5.56. The van der Waals surface area contributed by atoms with Crippen LogP contribution in [0, 0.1) is 0 Å². The molecule has 180 valence electrons. The minimum Gasteiger partial charge on any atom is -0.481 e. The van der Waals surface area contributed by atoms with Crippen LogP contribution in [-0.2, 0) is 16.0 Å². The zero-order chi connectivity index (χ0) is 24.8. The van der Waals surface area contributed by atoms with Crippen LogP contribution in [0.1, 0.15) is 40.0 Å². The predicted molar refractivity (Wildman–Crippen MR) is 134 cm³/mol. The minimum atomic E-state index is -0.657. The van der Waals surface area contributed by atoms with Gasteiger partial charge in [-0.2, -0.15) is 0 Å². The van der Waals surface area contributed by atoms with E-state index in [9.17, 15) is 9.59 Å². The van der Waals surface area contributed by atoms with E-state index in [0.29, 0.717) is 11.3 Å². The fraction of sp³-hybridized carbons (Fsp3) is 0.231. The number of nitrogens with one attached hydrogen (secondary N) is 2. The molecule has 2 aromatic carbocycles. The van der Waals surface area contributed by atoms with Crippen molar-refractivity contribution in [3.05, 3.63) is 83.0 Å². The molecule has 0 bridgehead atoms. The maximum Gasteiger partial charge on any atom is 0.413 e. The Labute approximate surface area is 208 Å². The summed E-state index contributed by atoms with van der Waals surface area (Å²) in [6, 6.07) is 19.3. The summed E-state index contributed by atoms with van der Waals surface area (Å²) in [7, 11) is 1.46. The standard InChI is InChI=1S/C26H25N3O5S/c1-3-33-24(30)16-12-17(28-23(13-16)32-2)14-27-25(35)29-26(31)34-15-22-20-10-6-4-8-18(20)19-9-5-7-11-21(19)22/h4-13,22H,3,14-15H2,1-2H3,(H2,27,29,31,35). The molecule has 2 N–H and O–H groups in total. The van der Waals surface area contributed by atoms with E-state index < -0.39 is 12.1 Å². The molecular formula is C26H25N3O5S. The van der Waals surface area contributed by atoms with Crippen molar-refractivity contribution < 1.29 is 23.8 Å². The zero-order valence-corrected chi connectivity index (χ0v) is 20.2. The van der Waals surface area contributed by atoms with Crippen molar-refractivity contribution in [2.24, 2.45) is 0 Å². The van der Waals surface area contributed by atoms with Gasteiger partial charge in [0, 0.05) is 12.0 Å². The largest absolute Gasteiger partial charge is 0.481 e. The van der Waals surface area contributed by atoms with Gasteiger partial charge in [-0.05, 0) is 47.5 Å². The van der Waals surface area contributed by atoms with Gasteiger partial charge in [0.05, 0.1) is 31.5 Å². The second-order valence-electron chi connectivity index (χ2n) is 7.74. The maximum atomic E-state index is 12.4. The smallest absolute Gasteiger partial charge is 0.413 e. The van der Waals surface area contributed by atoms with Gasteiger partial charge in [0.25, 0.3) is 0 Å². The number of thiocarbonyl (C=S) groups is 1. The highest BCUT2D eigenvalue weighted by Gasteiger charge is 2.29. The highest BCUT2D eigenvalue weighted by Crippen LogP contribution is 2.44. The topological polar surface area (TPSA) is 98.8 Å². The molecule has 0 aliphatic heterocycles. The van der Waals surface area contributed by atoms with E-state index in [-0.39, 0.29) is 36.7 Å². The van der Waals surface area contributed by atoms with Crippen LogP contribution in [0.2, 0.25) is 0 Å². The van der Waals surface area contributed by atoms with Gasteiger partial charge in [0.2, 0.25) is 5.88 Å². The lowest BCUT2D eigenvalue weighted by atomic mass is 9.98. The molecular weight excluding hydrogens is 466 g/mol. The number of benzene rings is 2. The molecule has 35 heavy (non-hydrogen) atoms. The third kappa shape index (κ3) is 5.58. The Morgan fingerprint density at radius 2 is 1.66 bits per heavy atom. The highest BCUT2D eigenvalue weighted by molar-refractivity contribution is 7.80. The van der Waals surface area contributed by atoms with Crippen LogP contribution in [0.5, 0.6) is 5.88 Å². The highest BCUT2D eigenvalue weighted by atomic mass is 32.1. The number of amides is 1. The Hall–Kier alpha value is -3.98. The number of esters is 1. The fourth-order valence-corrected chi connectivity index (χ4v) is 4.19. The number of hydrogen-bond acceptors (Lipinski definition) is 7. The van der Waals surface area contributed by atoms with Crippen molar-refractivity contribution in [1.82, 2.24) is 15.6 Å². The van der Waals surface area contributed by atoms with E-state index >= 15 is 0 Å². The lowest BCUT2D eigenvalue weighted by Gasteiger charge is -2.15. The maximum absolute atomic E-state index is 12.4. The summed E-state index contributed by atoms with van der Waals surface area (Å²) in [6.07, 6.45) is -0.657. The number of methoxy groups -OCH3 is 1. The molecule has 0 spiro atoms. The molecule has 0 fully saturated rings. The normalized spacial score (nSPS) is 11.7. The number of pyridine rings is 1. The number of alkyl carbamates (subject to hydrolysis) is 1. The number of carbonyl (C=O) groups is 2. The molecule has 8 nitrogen and oxygen atoms in total. The van der Waals surface area contributed by atoms with Crippen LogP contribution in [0.3, 0.4) is 0 Å². The Bertz CT molecular complexity index is 1220. The Balaban J connectivity index is 1.33. The second kappa shape index (κ2) is 11.0. The first kappa shape index (κ1) is 24.2. The van der Waals surface area contributed by atoms with Gasteiger partial charge in [0.1, 0.15) is 6.61 Å². The first-order valence-corrected chi connectivity index (χ1v) is 11.5. The van der Waals surface area contributed by atoms with Gasteiger partial charge < -0.3 is 19.5 Å². The summed E-state index contributed by atoms with van der Waals surface area (Å²) >= 11 is 5.22. The number of aromatic nitrogens is 1. The first-order valence-electron chi connectivity index (χ1n) is 11.1. The Morgan fingerprint density at radius 3 is 2.29 bits per heavy atom. The summed E-state index contributed by atoms with van der Waals surface area (Å²) in [4.78, 5) is 28.7. The molecule has 9 heteroatoms. The molecule has 0 atom stereocenters. The number of fused-ring (bicyclic) bond motifs is 3. The van der Waals surface area contributed by atoms with Crippen molar-refractivity contribution in [2.75, 3.05) is 20.3 Å². The van der Waals surface area contributed by atoms with E-state index in [2.05, 4.69) is 39.9 Å². The Kier molecular flexibility index (Phi) is 7.57. The van der Waals surface area contributed by atoms with Crippen molar-refractivity contribution in [1.29, 1.82) is 0 Å². The zero-order valence-electron chi connectivity index (χ0n) is 19.4. The number of ether oxygens (including phenoxy) is 3. The average Bonchev–Trinajstić information content (AvgIpc) is 3.20. The lowest BCUT2D eigenvalue weighted by molar-refractivity contribution is 0.0525. The minimum absolute atomic E-state index is 0.0445. The van der Waals surface area contributed by atoms with E-state index in [1.54, 1.807) is 13.0 Å². The van der Waals surface area contributed by atoms with Crippen molar-refractivity contribution in [3.63, 3.8) is 0 Å². The molecule has 1 aromatic heterocycles. The van der Waals surface area contributed by atoms with Crippen molar-refractivity contribution in [3.8, 4) is 17.0 Å². The predicted octanol–water partition coefficient (Wildman–Crippen LogP) is 4.18. The molecule has 1 heterocycles. The van der Waals surface area contributed by atoms with E-state index in [1.165, 1.54) is 13.2 Å². The molecule has 0 radical (unpaired) electrons. The number of nitrogens with zero attached hydrogens (tertiary/aromatic N) is 1. The monoisotopic (exact) mass is 491 g/mol. The van der Waals surface area contributed by atoms with Crippen LogP contribution in [0.15, 0.2) is 60.7 Å². The van der Waals surface area contributed by atoms with Crippen LogP contribution in [0.25, 0.3) is 11.1 Å². The van der Waals surface area contributed by atoms with Gasteiger partial charge in [-0.3, -0.25) is 5.32 Å². The number of rotatable bonds is 7. The van der Waals surface area contributed by atoms with Crippen LogP contribution in [0.4, 0.5) is 4.79 Å². The molecule has 1 aliphatic carbocycles. The summed E-state index contributed by atoms with van der Waals surface area (Å²) in [5.41, 5.74) is 5.37. The first-order chi connectivity index (χ1) is 17.0. The number of hydrogen-bond donors (Lipinski definition) is 2. The van der Waals surface area contributed by atoms with Crippen LogP contribution >= 0.6 is 12.2 Å². The van der Waals surface area contributed by atoms with Crippen molar-refractivity contribution in [2.45, 2.75) is 19.4 Å². The van der Waals surface area contributed by atoms with Crippen molar-refractivity contribution >= 4 is 29.4 Å². The SMILES string of the molecule is CCOC(=O)c1cc(CNC(=S)NC(=O)OCC2c3ccccc3-c3ccccc32)nc(OC)c1. The lowest BCUT2D eigenvalue weighted by Crippen LogP contribution is -2.39. The summed E-state index contributed by atoms with van der Waals surface area (Å²) in [6.45, 7) is 2.33. The summed E-state index contributed by atoms with van der Waals surface area (Å²) in [5.74, 6) is -0.256. The van der Waals surface area contributed by atoms with Gasteiger partial charge in [-0.25, -0.2) is 14.6 Å². The molecule has 3 aromatic rings. The van der Waals surface area contributed by atoms with Crippen LogP contribution < -0.4 is 15.4 Å². The molecule has 1 aliphatic rings. The fourth-order valence-electron chi connectivity index (χ4n) is 4.03. The van der Waals surface area contributed by atoms with Gasteiger partial charge in [-0.15, -0.1) is 0 Å². The quantitative estimate of drug-likeness (QED) is 0.375. The molecule has 4 rings (SSSR count). The Morgan fingerprint density at radius 1 is 1.00 bits per heavy atom. The summed E-state index contributed by atoms with van der Waals surface area (Å²) in [5, 5.41) is 5.48. The molecule has 1 amide bonds. The molecule has 0 saturated carbocycles. The summed E-state index contributed by atoms with van der Waals surface area (Å²) < 4.78 is 15.7. The van der Waals surface area contributed by atoms with E-state index in [0.717, 1.165) is 22.3 Å². The van der Waals surface area contributed by atoms with Crippen LogP contribution in [-0.4, -0.2) is 42.5 Å². The third-order valence-corrected chi connectivity index (χ3v) is 5.81. The van der Waals surface area contributed by atoms with E-state index in [4.69, 9.17) is 26.4 Å². The van der Waals surface area contributed by atoms with Gasteiger partial charge in [-0.1, -0.05) is 48.5 Å². The van der Waals surface area contributed by atoms with Gasteiger partial charge >= 0.3 is 12.1 Å². The molecule has 0 saturated heterocycles. The second-order valence-corrected chi connectivity index (χ2v) is 8.15. The van der Waals surface area contributed by atoms with Gasteiger partial charge in [0.15, 0.2) is 5.11 Å². The average molecular weight is 492 g/mol. The van der Waals surface area contributed by atoms with E-state index in [1.807, 2.05) is 24.3 Å². The molecule has 0 unspecified atom stereocenters.